The maximum absolute atomic E-state index is 12.1. The first-order valence-corrected chi connectivity index (χ1v) is 8.10. The molecule has 1 aliphatic heterocycles. The van der Waals surface area contributed by atoms with E-state index in [-0.39, 0.29) is 11.9 Å². The number of anilines is 2. The molecule has 0 radical (unpaired) electrons. The summed E-state index contributed by atoms with van der Waals surface area (Å²) in [4.78, 5) is 14.2. The van der Waals surface area contributed by atoms with Crippen LogP contribution in [-0.4, -0.2) is 25.1 Å². The van der Waals surface area contributed by atoms with Crippen LogP contribution in [0.5, 0.6) is 5.75 Å². The Balaban J connectivity index is 1.52. The molecule has 1 aliphatic rings. The lowest BCUT2D eigenvalue weighted by Crippen LogP contribution is -2.46. The van der Waals surface area contributed by atoms with Crippen LogP contribution in [0, 0.1) is 0 Å². The Kier molecular flexibility index (Phi) is 4.81. The van der Waals surface area contributed by atoms with E-state index in [2.05, 4.69) is 16.3 Å². The number of para-hydroxylation sites is 3. The molecule has 1 N–H and O–H groups in total. The Morgan fingerprint density at radius 1 is 1.04 bits per heavy atom. The molecule has 4 heteroatoms. The van der Waals surface area contributed by atoms with Crippen LogP contribution in [-0.2, 0) is 4.79 Å². The first-order valence-electron chi connectivity index (χ1n) is 8.10. The third-order valence-corrected chi connectivity index (χ3v) is 4.12. The van der Waals surface area contributed by atoms with Crippen LogP contribution in [0.2, 0.25) is 0 Å². The number of fused-ring (bicyclic) bond motifs is 1. The lowest BCUT2D eigenvalue weighted by Gasteiger charge is -2.36. The second-order valence-corrected chi connectivity index (χ2v) is 5.74. The number of carbonyl (C=O) groups excluding carboxylic acids is 1. The fourth-order valence-electron chi connectivity index (χ4n) is 2.82. The van der Waals surface area contributed by atoms with E-state index in [1.807, 2.05) is 55.5 Å². The topological polar surface area (TPSA) is 41.6 Å². The van der Waals surface area contributed by atoms with Crippen LogP contribution in [0.1, 0.15) is 19.8 Å². The van der Waals surface area contributed by atoms with E-state index in [0.29, 0.717) is 6.61 Å². The van der Waals surface area contributed by atoms with Gasteiger partial charge in [-0.25, -0.2) is 0 Å². The minimum atomic E-state index is -0.139. The van der Waals surface area contributed by atoms with Gasteiger partial charge in [-0.3, -0.25) is 4.79 Å². The largest absolute Gasteiger partial charge is 0.494 e. The minimum Gasteiger partial charge on any atom is -0.494 e. The fraction of sp³-hybridized carbons (Fsp3) is 0.316. The van der Waals surface area contributed by atoms with Crippen LogP contribution in [0.3, 0.4) is 0 Å². The number of unbranched alkanes of at least 4 members (excludes halogenated alkanes) is 1. The molecule has 0 saturated carbocycles. The summed E-state index contributed by atoms with van der Waals surface area (Å²) in [6.07, 6.45) is 1.95. The predicted molar refractivity (Wildman–Crippen MR) is 93.1 cm³/mol. The SMILES string of the molecule is C[C@H]1C(=O)Nc2ccccc2N1CCCCOc1ccccc1. The number of carbonyl (C=O) groups is 1. The Labute approximate surface area is 137 Å². The van der Waals surface area contributed by atoms with Gasteiger partial charge in [-0.1, -0.05) is 30.3 Å². The highest BCUT2D eigenvalue weighted by atomic mass is 16.5. The molecule has 0 bridgehead atoms. The van der Waals surface area contributed by atoms with Crippen molar-refractivity contribution in [3.8, 4) is 5.75 Å². The van der Waals surface area contributed by atoms with Crippen LogP contribution >= 0.6 is 0 Å². The third kappa shape index (κ3) is 3.65. The van der Waals surface area contributed by atoms with Gasteiger partial charge in [-0.05, 0) is 44.0 Å². The molecule has 1 amide bonds. The molecule has 1 atom stereocenters. The summed E-state index contributed by atoms with van der Waals surface area (Å²) in [6, 6.07) is 17.7. The molecule has 0 saturated heterocycles. The smallest absolute Gasteiger partial charge is 0.246 e. The fourth-order valence-corrected chi connectivity index (χ4v) is 2.82. The number of amides is 1. The second-order valence-electron chi connectivity index (χ2n) is 5.74. The standard InChI is InChI=1S/C19H22N2O2/c1-15-19(22)20-17-11-5-6-12-18(17)21(15)13-7-8-14-23-16-9-3-2-4-10-16/h2-6,9-12,15H,7-8,13-14H2,1H3,(H,20,22)/t15-/m0/s1. The lowest BCUT2D eigenvalue weighted by atomic mass is 10.1. The van der Waals surface area contributed by atoms with Crippen LogP contribution in [0.4, 0.5) is 11.4 Å². The van der Waals surface area contributed by atoms with E-state index < -0.39 is 0 Å². The van der Waals surface area contributed by atoms with Gasteiger partial charge >= 0.3 is 0 Å². The number of hydrogen-bond donors (Lipinski definition) is 1. The van der Waals surface area contributed by atoms with Crippen molar-refractivity contribution in [1.82, 2.24) is 0 Å². The van der Waals surface area contributed by atoms with Gasteiger partial charge < -0.3 is 15.0 Å². The summed E-state index contributed by atoms with van der Waals surface area (Å²) in [6.45, 7) is 3.50. The van der Waals surface area contributed by atoms with Crippen molar-refractivity contribution >= 4 is 17.3 Å². The van der Waals surface area contributed by atoms with Gasteiger partial charge in [0.15, 0.2) is 0 Å². The van der Waals surface area contributed by atoms with Crippen molar-refractivity contribution in [3.05, 3.63) is 54.6 Å². The molecule has 0 spiro atoms. The number of benzene rings is 2. The van der Waals surface area contributed by atoms with Gasteiger partial charge in [0.2, 0.25) is 5.91 Å². The average Bonchev–Trinajstić information content (AvgIpc) is 2.58. The first-order chi connectivity index (χ1) is 11.3. The van der Waals surface area contributed by atoms with E-state index in [4.69, 9.17) is 4.74 Å². The van der Waals surface area contributed by atoms with E-state index >= 15 is 0 Å². The second kappa shape index (κ2) is 7.18. The highest BCUT2D eigenvalue weighted by Crippen LogP contribution is 2.31. The van der Waals surface area contributed by atoms with Gasteiger partial charge in [0.25, 0.3) is 0 Å². The van der Waals surface area contributed by atoms with Crippen molar-refractivity contribution < 1.29 is 9.53 Å². The van der Waals surface area contributed by atoms with Crippen molar-refractivity contribution in [2.75, 3.05) is 23.4 Å². The van der Waals surface area contributed by atoms with E-state index in [0.717, 1.165) is 36.5 Å². The number of nitrogens with one attached hydrogen (secondary N) is 1. The summed E-state index contributed by atoms with van der Waals surface area (Å²) >= 11 is 0. The molecule has 1 heterocycles. The highest BCUT2D eigenvalue weighted by molar-refractivity contribution is 6.03. The number of ether oxygens (including phenoxy) is 1. The Bertz CT molecular complexity index is 657. The normalized spacial score (nSPS) is 16.7. The zero-order valence-corrected chi connectivity index (χ0v) is 13.4. The average molecular weight is 310 g/mol. The molecular formula is C19H22N2O2. The first kappa shape index (κ1) is 15.4. The maximum Gasteiger partial charge on any atom is 0.246 e. The quantitative estimate of drug-likeness (QED) is 0.827. The summed E-state index contributed by atoms with van der Waals surface area (Å²) in [5.74, 6) is 0.966. The molecule has 120 valence electrons. The summed E-state index contributed by atoms with van der Waals surface area (Å²) in [5.41, 5.74) is 2.00. The maximum atomic E-state index is 12.1. The molecule has 3 rings (SSSR count). The van der Waals surface area contributed by atoms with Gasteiger partial charge in [-0.2, -0.15) is 0 Å². The zero-order valence-electron chi connectivity index (χ0n) is 13.4. The molecule has 0 aromatic heterocycles. The summed E-state index contributed by atoms with van der Waals surface area (Å²) < 4.78 is 5.72. The van der Waals surface area contributed by atoms with Crippen LogP contribution in [0.15, 0.2) is 54.6 Å². The Morgan fingerprint density at radius 2 is 1.78 bits per heavy atom. The van der Waals surface area contributed by atoms with Gasteiger partial charge in [-0.15, -0.1) is 0 Å². The molecule has 4 nitrogen and oxygen atoms in total. The Hall–Kier alpha value is -2.49. The van der Waals surface area contributed by atoms with E-state index in [1.165, 1.54) is 0 Å². The molecule has 23 heavy (non-hydrogen) atoms. The highest BCUT2D eigenvalue weighted by Gasteiger charge is 2.28. The Morgan fingerprint density at radius 3 is 2.61 bits per heavy atom. The molecule has 0 aliphatic carbocycles. The minimum absolute atomic E-state index is 0.0595. The van der Waals surface area contributed by atoms with E-state index in [1.54, 1.807) is 0 Å². The number of rotatable bonds is 6. The summed E-state index contributed by atoms with van der Waals surface area (Å²) in [5, 5.41) is 2.96. The number of hydrogen-bond acceptors (Lipinski definition) is 3. The van der Waals surface area contributed by atoms with Crippen molar-refractivity contribution in [1.29, 1.82) is 0 Å². The van der Waals surface area contributed by atoms with Gasteiger partial charge in [0.1, 0.15) is 11.8 Å². The molecule has 0 unspecified atom stereocenters. The lowest BCUT2D eigenvalue weighted by molar-refractivity contribution is -0.117. The van der Waals surface area contributed by atoms with Crippen molar-refractivity contribution in [2.45, 2.75) is 25.8 Å². The molecular weight excluding hydrogens is 288 g/mol. The third-order valence-electron chi connectivity index (χ3n) is 4.12. The van der Waals surface area contributed by atoms with Crippen LogP contribution < -0.4 is 15.0 Å². The zero-order chi connectivity index (χ0) is 16.1. The van der Waals surface area contributed by atoms with Crippen LogP contribution in [0.25, 0.3) is 0 Å². The van der Waals surface area contributed by atoms with E-state index in [9.17, 15) is 4.79 Å². The molecule has 0 fully saturated rings. The van der Waals surface area contributed by atoms with Crippen molar-refractivity contribution in [3.63, 3.8) is 0 Å². The van der Waals surface area contributed by atoms with Crippen molar-refractivity contribution in [2.24, 2.45) is 0 Å². The van der Waals surface area contributed by atoms with Gasteiger partial charge in [0.05, 0.1) is 18.0 Å². The summed E-state index contributed by atoms with van der Waals surface area (Å²) in [7, 11) is 0. The molecule has 2 aromatic rings. The monoisotopic (exact) mass is 310 g/mol. The van der Waals surface area contributed by atoms with Gasteiger partial charge in [0, 0.05) is 6.54 Å². The number of nitrogens with zero attached hydrogens (tertiary/aromatic N) is 1. The predicted octanol–water partition coefficient (Wildman–Crippen LogP) is 3.69. The molecule has 2 aromatic carbocycles.